The number of hydrogen-bond acceptors (Lipinski definition) is 3. The quantitative estimate of drug-likeness (QED) is 0.870. The topological polar surface area (TPSA) is 46.2 Å². The van der Waals surface area contributed by atoms with E-state index in [-0.39, 0.29) is 12.6 Å². The highest BCUT2D eigenvalue weighted by Gasteiger charge is 2.04. The van der Waals surface area contributed by atoms with E-state index in [0.717, 1.165) is 5.56 Å². The molecular weight excluding hydrogens is 230 g/mol. The van der Waals surface area contributed by atoms with E-state index in [9.17, 15) is 0 Å². The molecule has 0 radical (unpaired) electrons. The van der Waals surface area contributed by atoms with Crippen LogP contribution >= 0.6 is 11.8 Å². The molecule has 0 aromatic heterocycles. The molecular formula is C14H15NOS. The molecule has 2 nitrogen and oxygen atoms in total. The van der Waals surface area contributed by atoms with Gasteiger partial charge in [0.2, 0.25) is 0 Å². The summed E-state index contributed by atoms with van der Waals surface area (Å²) in [6.07, 6.45) is 0. The molecule has 17 heavy (non-hydrogen) atoms. The molecule has 0 spiro atoms. The van der Waals surface area contributed by atoms with Crippen molar-refractivity contribution in [1.29, 1.82) is 0 Å². The fraction of sp³-hybridized carbons (Fsp3) is 0.143. The summed E-state index contributed by atoms with van der Waals surface area (Å²) < 4.78 is 0. The molecule has 0 aliphatic carbocycles. The molecule has 0 saturated carbocycles. The Bertz CT molecular complexity index is 455. The zero-order chi connectivity index (χ0) is 12.1. The van der Waals surface area contributed by atoms with E-state index in [0.29, 0.717) is 0 Å². The highest BCUT2D eigenvalue weighted by atomic mass is 32.2. The monoisotopic (exact) mass is 245 g/mol. The molecule has 0 amide bonds. The van der Waals surface area contributed by atoms with E-state index in [4.69, 9.17) is 10.8 Å². The molecule has 0 heterocycles. The maximum atomic E-state index is 8.96. The predicted octanol–water partition coefficient (Wildman–Crippen LogP) is 2.83. The molecule has 3 heteroatoms. The van der Waals surface area contributed by atoms with Gasteiger partial charge in [-0.3, -0.25) is 0 Å². The van der Waals surface area contributed by atoms with Gasteiger partial charge >= 0.3 is 0 Å². The van der Waals surface area contributed by atoms with Crippen molar-refractivity contribution in [1.82, 2.24) is 0 Å². The molecule has 2 aromatic rings. The van der Waals surface area contributed by atoms with Crippen molar-refractivity contribution >= 4 is 11.8 Å². The summed E-state index contributed by atoms with van der Waals surface area (Å²) in [5.41, 5.74) is 6.70. The summed E-state index contributed by atoms with van der Waals surface area (Å²) in [4.78, 5) is 2.39. The molecule has 1 atom stereocenters. The van der Waals surface area contributed by atoms with E-state index in [1.807, 2.05) is 42.5 Å². The van der Waals surface area contributed by atoms with E-state index in [1.165, 1.54) is 9.79 Å². The lowest BCUT2D eigenvalue weighted by molar-refractivity contribution is 0.268. The lowest BCUT2D eigenvalue weighted by atomic mass is 10.1. The zero-order valence-electron chi connectivity index (χ0n) is 9.41. The van der Waals surface area contributed by atoms with Crippen molar-refractivity contribution < 1.29 is 5.11 Å². The first kappa shape index (κ1) is 12.2. The Kier molecular flexibility index (Phi) is 4.20. The number of nitrogens with two attached hydrogens (primary N) is 1. The van der Waals surface area contributed by atoms with Gasteiger partial charge in [0.15, 0.2) is 0 Å². The van der Waals surface area contributed by atoms with Crippen molar-refractivity contribution in [2.24, 2.45) is 5.73 Å². The van der Waals surface area contributed by atoms with Crippen molar-refractivity contribution in [3.63, 3.8) is 0 Å². The second-order valence-electron chi connectivity index (χ2n) is 3.77. The maximum absolute atomic E-state index is 8.96. The molecule has 0 bridgehead atoms. The van der Waals surface area contributed by atoms with Crippen LogP contribution in [0.15, 0.2) is 64.4 Å². The minimum Gasteiger partial charge on any atom is -0.394 e. The van der Waals surface area contributed by atoms with Crippen LogP contribution < -0.4 is 5.73 Å². The van der Waals surface area contributed by atoms with Gasteiger partial charge in [0.05, 0.1) is 12.6 Å². The van der Waals surface area contributed by atoms with Crippen LogP contribution in [-0.4, -0.2) is 11.7 Å². The normalized spacial score (nSPS) is 12.4. The number of hydrogen-bond donors (Lipinski definition) is 2. The highest BCUT2D eigenvalue weighted by molar-refractivity contribution is 7.99. The van der Waals surface area contributed by atoms with Crippen molar-refractivity contribution in [2.45, 2.75) is 15.8 Å². The summed E-state index contributed by atoms with van der Waals surface area (Å²) in [5, 5.41) is 8.96. The largest absolute Gasteiger partial charge is 0.394 e. The molecule has 0 saturated heterocycles. The predicted molar refractivity (Wildman–Crippen MR) is 71.0 cm³/mol. The van der Waals surface area contributed by atoms with Crippen LogP contribution in [-0.2, 0) is 0 Å². The highest BCUT2D eigenvalue weighted by Crippen LogP contribution is 2.27. The number of aliphatic hydroxyl groups excluding tert-OH is 1. The first-order chi connectivity index (χ1) is 8.29. The lowest BCUT2D eigenvalue weighted by Gasteiger charge is -2.09. The van der Waals surface area contributed by atoms with Gasteiger partial charge in [-0.25, -0.2) is 0 Å². The van der Waals surface area contributed by atoms with Crippen molar-refractivity contribution in [3.8, 4) is 0 Å². The summed E-state index contributed by atoms with van der Waals surface area (Å²) in [6.45, 7) is -0.0226. The third-order valence-electron chi connectivity index (χ3n) is 2.48. The summed E-state index contributed by atoms with van der Waals surface area (Å²) in [7, 11) is 0. The van der Waals surface area contributed by atoms with Crippen LogP contribution in [0.5, 0.6) is 0 Å². The van der Waals surface area contributed by atoms with Gasteiger partial charge in [0.25, 0.3) is 0 Å². The smallest absolute Gasteiger partial charge is 0.0624 e. The summed E-state index contributed by atoms with van der Waals surface area (Å²) in [5.74, 6) is 0. The molecule has 0 aliphatic rings. The lowest BCUT2D eigenvalue weighted by Crippen LogP contribution is -2.13. The number of benzene rings is 2. The van der Waals surface area contributed by atoms with E-state index in [1.54, 1.807) is 11.8 Å². The summed E-state index contributed by atoms with van der Waals surface area (Å²) >= 11 is 1.71. The van der Waals surface area contributed by atoms with Gasteiger partial charge < -0.3 is 10.8 Å². The minimum atomic E-state index is -0.286. The van der Waals surface area contributed by atoms with Crippen LogP contribution in [0.25, 0.3) is 0 Å². The molecule has 0 unspecified atom stereocenters. The molecule has 0 aliphatic heterocycles. The number of aliphatic hydroxyl groups is 1. The first-order valence-electron chi connectivity index (χ1n) is 5.49. The second kappa shape index (κ2) is 5.87. The van der Waals surface area contributed by atoms with Gasteiger partial charge in [-0.05, 0) is 29.8 Å². The Hall–Kier alpha value is -1.29. The first-order valence-corrected chi connectivity index (χ1v) is 6.30. The third kappa shape index (κ3) is 3.33. The Balaban J connectivity index is 2.08. The molecule has 3 N–H and O–H groups in total. The molecule has 2 rings (SSSR count). The van der Waals surface area contributed by atoms with Gasteiger partial charge in [-0.2, -0.15) is 0 Å². The van der Waals surface area contributed by atoms with Gasteiger partial charge in [-0.1, -0.05) is 42.1 Å². The Morgan fingerprint density at radius 2 is 1.53 bits per heavy atom. The van der Waals surface area contributed by atoms with Crippen LogP contribution in [0.2, 0.25) is 0 Å². The zero-order valence-corrected chi connectivity index (χ0v) is 10.2. The van der Waals surface area contributed by atoms with Gasteiger partial charge in [-0.15, -0.1) is 0 Å². The van der Waals surface area contributed by atoms with E-state index < -0.39 is 0 Å². The van der Waals surface area contributed by atoms with Gasteiger partial charge in [0, 0.05) is 9.79 Å². The molecule has 88 valence electrons. The minimum absolute atomic E-state index is 0.0226. The Labute approximate surface area is 105 Å². The van der Waals surface area contributed by atoms with E-state index in [2.05, 4.69) is 12.1 Å². The summed E-state index contributed by atoms with van der Waals surface area (Å²) in [6, 6.07) is 17.9. The fourth-order valence-electron chi connectivity index (χ4n) is 1.51. The van der Waals surface area contributed by atoms with E-state index >= 15 is 0 Å². The Morgan fingerprint density at radius 3 is 2.12 bits per heavy atom. The second-order valence-corrected chi connectivity index (χ2v) is 4.92. The average Bonchev–Trinajstić information content (AvgIpc) is 2.40. The van der Waals surface area contributed by atoms with Crippen LogP contribution in [0.1, 0.15) is 11.6 Å². The van der Waals surface area contributed by atoms with Crippen molar-refractivity contribution in [2.75, 3.05) is 6.61 Å². The standard InChI is InChI=1S/C14H15NOS/c15-14(10-16)11-6-8-13(9-7-11)17-12-4-2-1-3-5-12/h1-9,14,16H,10,15H2/t14-/m1/s1. The average molecular weight is 245 g/mol. The maximum Gasteiger partial charge on any atom is 0.0624 e. The fourth-order valence-corrected chi connectivity index (χ4v) is 2.35. The molecule has 2 aromatic carbocycles. The molecule has 0 fully saturated rings. The third-order valence-corrected chi connectivity index (χ3v) is 3.50. The van der Waals surface area contributed by atoms with Crippen LogP contribution in [0, 0.1) is 0 Å². The SMILES string of the molecule is N[C@H](CO)c1ccc(Sc2ccccc2)cc1. The number of rotatable bonds is 4. The Morgan fingerprint density at radius 1 is 0.941 bits per heavy atom. The van der Waals surface area contributed by atoms with Crippen LogP contribution in [0.4, 0.5) is 0 Å². The van der Waals surface area contributed by atoms with Crippen molar-refractivity contribution in [3.05, 3.63) is 60.2 Å². The van der Waals surface area contributed by atoms with Gasteiger partial charge in [0.1, 0.15) is 0 Å². The van der Waals surface area contributed by atoms with Crippen LogP contribution in [0.3, 0.4) is 0 Å².